The van der Waals surface area contributed by atoms with Crippen LogP contribution in [0.5, 0.6) is 5.75 Å². The summed E-state index contributed by atoms with van der Waals surface area (Å²) in [5, 5.41) is 3.30. The summed E-state index contributed by atoms with van der Waals surface area (Å²) >= 11 is 0. The van der Waals surface area contributed by atoms with E-state index in [0.29, 0.717) is 12.3 Å². The Morgan fingerprint density at radius 2 is 1.87 bits per heavy atom. The number of primary amides is 1. The van der Waals surface area contributed by atoms with Gasteiger partial charge in [-0.05, 0) is 29.8 Å². The first kappa shape index (κ1) is 17.0. The minimum Gasteiger partial charge on any atom is -0.491 e. The molecule has 0 radical (unpaired) electrons. The average molecular weight is 332 g/mol. The fraction of sp³-hybridized carbons (Fsp3) is 0.235. The molecule has 0 aliphatic rings. The molecule has 1 atom stereocenters. The second-order valence-corrected chi connectivity index (χ2v) is 6.39. The molecule has 1 amide bonds. The minimum atomic E-state index is -0.967. The van der Waals surface area contributed by atoms with Crippen LogP contribution in [0.2, 0.25) is 0 Å². The predicted octanol–water partition coefficient (Wildman–Crippen LogP) is 2.29. The Labute approximate surface area is 138 Å². The van der Waals surface area contributed by atoms with Crippen molar-refractivity contribution < 1.29 is 13.7 Å². The second-order valence-electron chi connectivity index (χ2n) is 5.01. The van der Waals surface area contributed by atoms with Gasteiger partial charge in [-0.3, -0.25) is 9.00 Å². The third-order valence-corrected chi connectivity index (χ3v) is 4.17. The Morgan fingerprint density at radius 1 is 1.17 bits per heavy atom. The zero-order valence-corrected chi connectivity index (χ0v) is 13.8. The molecule has 0 aromatic heterocycles. The van der Waals surface area contributed by atoms with Crippen LogP contribution >= 0.6 is 0 Å². The topological polar surface area (TPSA) is 81.4 Å². The highest BCUT2D eigenvalue weighted by atomic mass is 32.2. The molecule has 0 unspecified atom stereocenters. The van der Waals surface area contributed by atoms with Gasteiger partial charge in [-0.25, -0.2) is 0 Å². The molecule has 122 valence electrons. The Kier molecular flexibility index (Phi) is 6.17. The van der Waals surface area contributed by atoms with Gasteiger partial charge in [0.2, 0.25) is 5.91 Å². The lowest BCUT2D eigenvalue weighted by Gasteiger charge is -2.13. The maximum atomic E-state index is 11.4. The number of hydrogen-bond acceptors (Lipinski definition) is 4. The van der Waals surface area contributed by atoms with Gasteiger partial charge in [0.25, 0.3) is 0 Å². The van der Waals surface area contributed by atoms with Gasteiger partial charge in [-0.2, -0.15) is 0 Å². The van der Waals surface area contributed by atoms with Crippen molar-refractivity contribution in [1.29, 1.82) is 0 Å². The monoisotopic (exact) mass is 332 g/mol. The van der Waals surface area contributed by atoms with E-state index in [1.54, 1.807) is 6.26 Å². The molecule has 6 heteroatoms. The van der Waals surface area contributed by atoms with Gasteiger partial charge in [0.15, 0.2) is 0 Å². The molecule has 0 fully saturated rings. The first-order valence-electron chi connectivity index (χ1n) is 7.22. The van der Waals surface area contributed by atoms with E-state index in [1.165, 1.54) is 0 Å². The van der Waals surface area contributed by atoms with Crippen molar-refractivity contribution in [2.24, 2.45) is 5.73 Å². The molecule has 5 nitrogen and oxygen atoms in total. The smallest absolute Gasteiger partial charge is 0.220 e. The molecule has 0 heterocycles. The van der Waals surface area contributed by atoms with E-state index >= 15 is 0 Å². The van der Waals surface area contributed by atoms with E-state index in [0.717, 1.165) is 16.1 Å². The summed E-state index contributed by atoms with van der Waals surface area (Å²) in [6.45, 7) is 0.873. The Bertz CT molecular complexity index is 686. The van der Waals surface area contributed by atoms with Crippen molar-refractivity contribution in [3.05, 3.63) is 54.1 Å². The highest BCUT2D eigenvalue weighted by Crippen LogP contribution is 2.24. The molecule has 3 N–H and O–H groups in total. The van der Waals surface area contributed by atoms with Crippen molar-refractivity contribution >= 4 is 22.4 Å². The minimum absolute atomic E-state index is 0.184. The molecule has 2 rings (SSSR count). The normalized spacial score (nSPS) is 11.7. The summed E-state index contributed by atoms with van der Waals surface area (Å²) in [6, 6.07) is 15.1. The molecule has 23 heavy (non-hydrogen) atoms. The number of carbonyl (C=O) groups excluding carboxylic acids is 1. The predicted molar refractivity (Wildman–Crippen MR) is 91.8 cm³/mol. The number of hydrogen-bond donors (Lipinski definition) is 2. The van der Waals surface area contributed by atoms with Crippen LogP contribution in [0.4, 0.5) is 5.69 Å². The van der Waals surface area contributed by atoms with Crippen molar-refractivity contribution in [2.75, 3.05) is 18.2 Å². The first-order valence-corrected chi connectivity index (χ1v) is 8.78. The van der Waals surface area contributed by atoms with Gasteiger partial charge in [0.05, 0.1) is 18.7 Å². The van der Waals surface area contributed by atoms with E-state index < -0.39 is 10.8 Å². The van der Waals surface area contributed by atoms with Crippen LogP contribution in [-0.2, 0) is 22.1 Å². The number of benzene rings is 2. The van der Waals surface area contributed by atoms with Crippen LogP contribution < -0.4 is 15.8 Å². The molecule has 0 aliphatic carbocycles. The summed E-state index contributed by atoms with van der Waals surface area (Å²) < 4.78 is 17.0. The van der Waals surface area contributed by atoms with Gasteiger partial charge in [0.1, 0.15) is 5.75 Å². The first-order chi connectivity index (χ1) is 11.1. The molecule has 0 aliphatic heterocycles. The molecule has 2 aromatic carbocycles. The van der Waals surface area contributed by atoms with Gasteiger partial charge in [-0.15, -0.1) is 0 Å². The molecule has 0 saturated carbocycles. The lowest BCUT2D eigenvalue weighted by molar-refractivity contribution is -0.118. The Morgan fingerprint density at radius 3 is 2.52 bits per heavy atom. The highest BCUT2D eigenvalue weighted by molar-refractivity contribution is 7.84. The van der Waals surface area contributed by atoms with E-state index in [-0.39, 0.29) is 18.9 Å². The van der Waals surface area contributed by atoms with E-state index in [2.05, 4.69) is 5.32 Å². The Hall–Kier alpha value is -2.34. The maximum absolute atomic E-state index is 11.4. The van der Waals surface area contributed by atoms with Gasteiger partial charge >= 0.3 is 0 Å². The molecular formula is C17H20N2O3S. The summed E-state index contributed by atoms with van der Waals surface area (Å²) in [4.78, 5) is 11.6. The van der Waals surface area contributed by atoms with E-state index in [4.69, 9.17) is 10.5 Å². The third kappa shape index (κ3) is 5.41. The SMILES string of the molecule is C[S@@](=O)c1ccc(CNc2ccccc2OCCC(N)=O)cc1. The number of nitrogens with two attached hydrogens (primary N) is 1. The van der Waals surface area contributed by atoms with Gasteiger partial charge in [0, 0.05) is 28.5 Å². The largest absolute Gasteiger partial charge is 0.491 e. The van der Waals surface area contributed by atoms with Crippen molar-refractivity contribution in [3.63, 3.8) is 0 Å². The number of nitrogens with one attached hydrogen (secondary N) is 1. The van der Waals surface area contributed by atoms with Crippen molar-refractivity contribution in [3.8, 4) is 5.75 Å². The van der Waals surface area contributed by atoms with Crippen LogP contribution in [0.25, 0.3) is 0 Å². The highest BCUT2D eigenvalue weighted by Gasteiger charge is 2.04. The maximum Gasteiger partial charge on any atom is 0.220 e. The summed E-state index contributed by atoms with van der Waals surface area (Å²) in [6.07, 6.45) is 1.84. The quantitative estimate of drug-likeness (QED) is 0.777. The van der Waals surface area contributed by atoms with E-state index in [9.17, 15) is 9.00 Å². The standard InChI is InChI=1S/C17H20N2O3S/c1-23(21)14-8-6-13(7-9-14)12-19-15-4-2-3-5-16(15)22-11-10-17(18)20/h2-9,19H,10-12H2,1H3,(H2,18,20)/t23-/m1/s1. The van der Waals surface area contributed by atoms with Crippen LogP contribution in [0.15, 0.2) is 53.4 Å². The summed E-state index contributed by atoms with van der Waals surface area (Å²) in [5.41, 5.74) is 7.03. The molecule has 0 spiro atoms. The second kappa shape index (κ2) is 8.33. The summed E-state index contributed by atoms with van der Waals surface area (Å²) in [5.74, 6) is 0.295. The fourth-order valence-corrected chi connectivity index (χ4v) is 2.52. The zero-order chi connectivity index (χ0) is 16.7. The lowest BCUT2D eigenvalue weighted by atomic mass is 10.2. The number of para-hydroxylation sites is 2. The number of anilines is 1. The van der Waals surface area contributed by atoms with Gasteiger partial charge in [-0.1, -0.05) is 24.3 Å². The molecule has 0 bridgehead atoms. The van der Waals surface area contributed by atoms with Crippen molar-refractivity contribution in [2.45, 2.75) is 17.9 Å². The average Bonchev–Trinajstić information content (AvgIpc) is 2.54. The Balaban J connectivity index is 1.97. The number of amides is 1. The molecular weight excluding hydrogens is 312 g/mol. The molecule has 0 saturated heterocycles. The number of rotatable bonds is 8. The lowest BCUT2D eigenvalue weighted by Crippen LogP contribution is -2.15. The zero-order valence-electron chi connectivity index (χ0n) is 13.0. The number of ether oxygens (including phenoxy) is 1. The summed E-state index contributed by atoms with van der Waals surface area (Å²) in [7, 11) is -0.967. The molecule has 2 aromatic rings. The fourth-order valence-electron chi connectivity index (χ4n) is 2.00. The van der Waals surface area contributed by atoms with E-state index in [1.807, 2.05) is 48.5 Å². The van der Waals surface area contributed by atoms with Crippen LogP contribution in [-0.4, -0.2) is 23.0 Å². The number of carbonyl (C=O) groups is 1. The van der Waals surface area contributed by atoms with Crippen molar-refractivity contribution in [1.82, 2.24) is 0 Å². The van der Waals surface area contributed by atoms with Crippen LogP contribution in [0.3, 0.4) is 0 Å². The van der Waals surface area contributed by atoms with Crippen LogP contribution in [0.1, 0.15) is 12.0 Å². The third-order valence-electron chi connectivity index (χ3n) is 3.23. The van der Waals surface area contributed by atoms with Gasteiger partial charge < -0.3 is 15.8 Å². The van der Waals surface area contributed by atoms with Crippen LogP contribution in [0, 0.1) is 0 Å².